The van der Waals surface area contributed by atoms with Crippen LogP contribution in [-0.4, -0.2) is 40.4 Å². The lowest BCUT2D eigenvalue weighted by atomic mass is 10.1. The van der Waals surface area contributed by atoms with Crippen LogP contribution < -0.4 is 9.64 Å². The van der Waals surface area contributed by atoms with E-state index in [4.69, 9.17) is 9.72 Å². The lowest BCUT2D eigenvalue weighted by Crippen LogP contribution is -2.30. The van der Waals surface area contributed by atoms with Crippen LogP contribution in [0.4, 0.5) is 5.82 Å². The third kappa shape index (κ3) is 4.18. The second-order valence-corrected chi connectivity index (χ2v) is 6.98. The number of aryl methyl sites for hydroxylation is 1. The summed E-state index contributed by atoms with van der Waals surface area (Å²) >= 11 is 0. The second-order valence-electron chi connectivity index (χ2n) is 6.98. The molecule has 138 valence electrons. The van der Waals surface area contributed by atoms with Gasteiger partial charge >= 0.3 is 0 Å². The van der Waals surface area contributed by atoms with E-state index < -0.39 is 0 Å². The number of ether oxygens (including phenoxy) is 1. The van der Waals surface area contributed by atoms with Crippen LogP contribution in [0.3, 0.4) is 0 Å². The summed E-state index contributed by atoms with van der Waals surface area (Å²) in [5.41, 5.74) is 2.51. The van der Waals surface area contributed by atoms with Crippen LogP contribution in [0.25, 0.3) is 11.0 Å². The number of fused-ring (bicyclic) bond motifs is 2. The molecule has 1 unspecified atom stereocenters. The lowest BCUT2D eigenvalue weighted by molar-refractivity contribution is -0.114. The van der Waals surface area contributed by atoms with E-state index in [0.717, 1.165) is 60.6 Å². The van der Waals surface area contributed by atoms with Gasteiger partial charge in [-0.05, 0) is 25.8 Å². The molecular formula is C20H26N4O2. The fraction of sp³-hybridized carbons (Fsp3) is 0.500. The molecule has 0 radical (unpaired) electrons. The maximum atomic E-state index is 11.3. The highest BCUT2D eigenvalue weighted by atomic mass is 16.5. The molecule has 0 spiro atoms. The van der Waals surface area contributed by atoms with Crippen LogP contribution in [0, 0.1) is 12.8 Å². The molecule has 0 saturated carbocycles. The van der Waals surface area contributed by atoms with Crippen LogP contribution in [0.15, 0.2) is 25.0 Å². The smallest absolute Gasteiger partial charge is 0.172 e. The van der Waals surface area contributed by atoms with Crippen molar-refractivity contribution in [3.8, 4) is 5.75 Å². The number of rotatable bonds is 7. The van der Waals surface area contributed by atoms with Crippen LogP contribution in [0.1, 0.15) is 38.3 Å². The number of aromatic nitrogens is 3. The molecule has 0 amide bonds. The Morgan fingerprint density at radius 2 is 2.23 bits per heavy atom. The maximum absolute atomic E-state index is 11.3. The Morgan fingerprint density at radius 1 is 1.38 bits per heavy atom. The molecule has 2 aromatic rings. The van der Waals surface area contributed by atoms with Gasteiger partial charge in [0.1, 0.15) is 11.8 Å². The predicted octanol–water partition coefficient (Wildman–Crippen LogP) is 3.48. The van der Waals surface area contributed by atoms with Gasteiger partial charge in [-0.2, -0.15) is 0 Å². The van der Waals surface area contributed by atoms with Crippen molar-refractivity contribution in [3.05, 3.63) is 30.7 Å². The minimum atomic E-state index is 0.121. The van der Waals surface area contributed by atoms with Crippen molar-refractivity contribution >= 4 is 22.6 Å². The van der Waals surface area contributed by atoms with E-state index in [1.165, 1.54) is 6.08 Å². The standard InChI is InChI=1S/C20H26N4O2/c1-4-16(25)8-6-5-7-9-24-11-14(2)12-26-18-10-17-19(23-20(18)24)15(3)21-13-22-17/h4,10,13-14H,1,5-9,11-12H2,2-3H3. The molecule has 0 bridgehead atoms. The zero-order valence-corrected chi connectivity index (χ0v) is 15.6. The highest BCUT2D eigenvalue weighted by Gasteiger charge is 2.23. The SMILES string of the molecule is C=CC(=O)CCCCCN1CC(C)COc2cc3ncnc(C)c3nc21. The number of anilines is 1. The number of hydrogen-bond acceptors (Lipinski definition) is 6. The first kappa shape index (κ1) is 18.3. The summed E-state index contributed by atoms with van der Waals surface area (Å²) in [5, 5.41) is 0. The Labute approximate surface area is 154 Å². The summed E-state index contributed by atoms with van der Waals surface area (Å²) in [6.45, 7) is 10.1. The van der Waals surface area contributed by atoms with Gasteiger partial charge in [0.25, 0.3) is 0 Å². The van der Waals surface area contributed by atoms with Crippen molar-refractivity contribution in [1.29, 1.82) is 0 Å². The maximum Gasteiger partial charge on any atom is 0.172 e. The number of unbranched alkanes of at least 4 members (excludes halogenated alkanes) is 2. The Balaban J connectivity index is 1.76. The molecule has 6 heteroatoms. The monoisotopic (exact) mass is 354 g/mol. The predicted molar refractivity (Wildman–Crippen MR) is 103 cm³/mol. The molecule has 26 heavy (non-hydrogen) atoms. The molecule has 1 aliphatic rings. The minimum Gasteiger partial charge on any atom is -0.489 e. The van der Waals surface area contributed by atoms with Gasteiger partial charge in [-0.25, -0.2) is 15.0 Å². The lowest BCUT2D eigenvalue weighted by Gasteiger charge is -2.24. The van der Waals surface area contributed by atoms with Crippen LogP contribution in [0.2, 0.25) is 0 Å². The van der Waals surface area contributed by atoms with E-state index in [2.05, 4.69) is 28.4 Å². The Hall–Kier alpha value is -2.50. The third-order valence-corrected chi connectivity index (χ3v) is 4.67. The summed E-state index contributed by atoms with van der Waals surface area (Å²) in [6.07, 6.45) is 6.47. The van der Waals surface area contributed by atoms with Gasteiger partial charge in [-0.15, -0.1) is 0 Å². The molecule has 1 aliphatic heterocycles. The van der Waals surface area contributed by atoms with Gasteiger partial charge in [-0.1, -0.05) is 19.9 Å². The first-order valence-electron chi connectivity index (χ1n) is 9.24. The number of allylic oxidation sites excluding steroid dienone is 1. The van der Waals surface area contributed by atoms with E-state index in [-0.39, 0.29) is 5.78 Å². The number of hydrogen-bond donors (Lipinski definition) is 0. The molecule has 3 rings (SSSR count). The van der Waals surface area contributed by atoms with Crippen molar-refractivity contribution in [1.82, 2.24) is 15.0 Å². The van der Waals surface area contributed by atoms with E-state index in [1.54, 1.807) is 6.33 Å². The zero-order chi connectivity index (χ0) is 18.5. The van der Waals surface area contributed by atoms with Gasteiger partial charge in [-0.3, -0.25) is 4.79 Å². The Morgan fingerprint density at radius 3 is 3.04 bits per heavy atom. The number of nitrogens with zero attached hydrogens (tertiary/aromatic N) is 4. The molecule has 3 heterocycles. The van der Waals surface area contributed by atoms with Crippen LogP contribution in [-0.2, 0) is 4.79 Å². The van der Waals surface area contributed by atoms with E-state index in [1.807, 2.05) is 13.0 Å². The fourth-order valence-electron chi connectivity index (χ4n) is 3.24. The summed E-state index contributed by atoms with van der Waals surface area (Å²) in [6, 6.07) is 1.97. The number of ketones is 1. The van der Waals surface area contributed by atoms with Crippen molar-refractivity contribution in [2.45, 2.75) is 39.5 Å². The summed E-state index contributed by atoms with van der Waals surface area (Å²) < 4.78 is 5.99. The quantitative estimate of drug-likeness (QED) is 0.560. The molecule has 0 aliphatic carbocycles. The second kappa shape index (κ2) is 8.25. The fourth-order valence-corrected chi connectivity index (χ4v) is 3.24. The summed E-state index contributed by atoms with van der Waals surface area (Å²) in [4.78, 5) is 27.0. The first-order valence-corrected chi connectivity index (χ1v) is 9.24. The average molecular weight is 354 g/mol. The number of carbonyl (C=O) groups excluding carboxylic acids is 1. The summed E-state index contributed by atoms with van der Waals surface area (Å²) in [5.74, 6) is 2.21. The van der Waals surface area contributed by atoms with Crippen molar-refractivity contribution in [2.75, 3.05) is 24.6 Å². The van der Waals surface area contributed by atoms with E-state index in [9.17, 15) is 4.79 Å². The molecule has 1 atom stereocenters. The highest BCUT2D eigenvalue weighted by Crippen LogP contribution is 2.33. The van der Waals surface area contributed by atoms with Crippen molar-refractivity contribution in [3.63, 3.8) is 0 Å². The number of pyridine rings is 1. The summed E-state index contributed by atoms with van der Waals surface area (Å²) in [7, 11) is 0. The molecule has 0 saturated heterocycles. The molecule has 6 nitrogen and oxygen atoms in total. The van der Waals surface area contributed by atoms with Gasteiger partial charge in [0, 0.05) is 31.5 Å². The van der Waals surface area contributed by atoms with Crippen molar-refractivity contribution in [2.24, 2.45) is 5.92 Å². The number of carbonyl (C=O) groups is 1. The van der Waals surface area contributed by atoms with Crippen LogP contribution in [0.5, 0.6) is 5.75 Å². The Kier molecular flexibility index (Phi) is 5.81. The third-order valence-electron chi connectivity index (χ3n) is 4.67. The molecular weight excluding hydrogens is 328 g/mol. The highest BCUT2D eigenvalue weighted by molar-refractivity contribution is 5.88. The zero-order valence-electron chi connectivity index (χ0n) is 15.6. The average Bonchev–Trinajstić information content (AvgIpc) is 2.79. The van der Waals surface area contributed by atoms with Gasteiger partial charge in [0.15, 0.2) is 17.4 Å². The Bertz CT molecular complexity index is 806. The van der Waals surface area contributed by atoms with Crippen LogP contribution >= 0.6 is 0 Å². The normalized spacial score (nSPS) is 16.7. The van der Waals surface area contributed by atoms with Crippen molar-refractivity contribution < 1.29 is 9.53 Å². The molecule has 2 aromatic heterocycles. The first-order chi connectivity index (χ1) is 12.6. The minimum absolute atomic E-state index is 0.121. The molecule has 0 N–H and O–H groups in total. The van der Waals surface area contributed by atoms with Gasteiger partial charge in [0.05, 0.1) is 17.8 Å². The molecule has 0 fully saturated rings. The topological polar surface area (TPSA) is 68.2 Å². The molecule has 0 aromatic carbocycles. The van der Waals surface area contributed by atoms with E-state index >= 15 is 0 Å². The van der Waals surface area contributed by atoms with E-state index in [0.29, 0.717) is 18.9 Å². The largest absolute Gasteiger partial charge is 0.489 e. The van der Waals surface area contributed by atoms with Gasteiger partial charge in [0.2, 0.25) is 0 Å². The van der Waals surface area contributed by atoms with Gasteiger partial charge < -0.3 is 9.64 Å².